The van der Waals surface area contributed by atoms with Gasteiger partial charge in [-0.15, -0.1) is 0 Å². The van der Waals surface area contributed by atoms with Gasteiger partial charge in [-0.3, -0.25) is 4.79 Å². The first kappa shape index (κ1) is 18.1. The fourth-order valence-electron chi connectivity index (χ4n) is 3.54. The number of hydrogen-bond donors (Lipinski definition) is 1. The van der Waals surface area contributed by atoms with Crippen molar-refractivity contribution in [1.29, 1.82) is 0 Å². The van der Waals surface area contributed by atoms with E-state index in [2.05, 4.69) is 0 Å². The smallest absolute Gasteiger partial charge is 0.340 e. The van der Waals surface area contributed by atoms with Crippen molar-refractivity contribution in [3.63, 3.8) is 0 Å². The van der Waals surface area contributed by atoms with E-state index in [-0.39, 0.29) is 40.2 Å². The summed E-state index contributed by atoms with van der Waals surface area (Å²) in [6.07, 6.45) is 0.616. The number of nitrogens with two attached hydrogens (primary N) is 1. The van der Waals surface area contributed by atoms with Crippen LogP contribution in [0.4, 0.5) is 8.78 Å². The average Bonchev–Trinajstić information content (AvgIpc) is 2.51. The highest BCUT2D eigenvalue weighted by molar-refractivity contribution is 6.03. The molecule has 0 amide bonds. The van der Waals surface area contributed by atoms with Crippen LogP contribution in [-0.2, 0) is 19.1 Å². The molecule has 0 radical (unpaired) electrons. The van der Waals surface area contributed by atoms with Crippen molar-refractivity contribution in [3.05, 3.63) is 58.2 Å². The Kier molecular flexibility index (Phi) is 4.34. The number of rotatable bonds is 2. The molecule has 1 heterocycles. The zero-order valence-electron chi connectivity index (χ0n) is 14.7. The summed E-state index contributed by atoms with van der Waals surface area (Å²) in [5.41, 5.74) is 5.54. The molecule has 1 aliphatic carbocycles. The van der Waals surface area contributed by atoms with Gasteiger partial charge in [-0.25, -0.2) is 13.6 Å². The molecule has 0 spiro atoms. The lowest BCUT2D eigenvalue weighted by molar-refractivity contribution is -0.136. The third-order valence-electron chi connectivity index (χ3n) is 4.63. The molecule has 5 nitrogen and oxygen atoms in total. The number of carbonyl (C=O) groups excluding carboxylic acids is 2. The SMILES string of the molecule is COC(=O)C1=C(N)OC2=C(C(=O)CC(C)(C)C2)[C@H]1c1ccc(F)cc1F. The largest absolute Gasteiger partial charge is 0.465 e. The highest BCUT2D eigenvalue weighted by atomic mass is 19.1. The van der Waals surface area contributed by atoms with Crippen LogP contribution in [0.25, 0.3) is 0 Å². The predicted molar refractivity (Wildman–Crippen MR) is 88.5 cm³/mol. The van der Waals surface area contributed by atoms with E-state index in [1.165, 1.54) is 6.07 Å². The van der Waals surface area contributed by atoms with E-state index >= 15 is 0 Å². The van der Waals surface area contributed by atoms with Crippen molar-refractivity contribution in [2.45, 2.75) is 32.6 Å². The zero-order chi connectivity index (χ0) is 19.2. The van der Waals surface area contributed by atoms with Crippen LogP contribution in [0, 0.1) is 17.0 Å². The summed E-state index contributed by atoms with van der Waals surface area (Å²) in [4.78, 5) is 25.1. The summed E-state index contributed by atoms with van der Waals surface area (Å²) >= 11 is 0. The number of Topliss-reactive ketones (excluding diaryl/α,β-unsaturated/α-hetero) is 1. The monoisotopic (exact) mass is 363 g/mol. The second-order valence-electron chi connectivity index (χ2n) is 7.25. The van der Waals surface area contributed by atoms with Gasteiger partial charge < -0.3 is 15.2 Å². The molecule has 26 heavy (non-hydrogen) atoms. The van der Waals surface area contributed by atoms with E-state index in [0.29, 0.717) is 18.2 Å². The molecule has 2 aliphatic rings. The second-order valence-corrected chi connectivity index (χ2v) is 7.25. The number of benzene rings is 1. The molecule has 138 valence electrons. The van der Waals surface area contributed by atoms with Gasteiger partial charge in [-0.1, -0.05) is 19.9 Å². The molecule has 0 unspecified atom stereocenters. The average molecular weight is 363 g/mol. The summed E-state index contributed by atoms with van der Waals surface area (Å²) in [5.74, 6) is -3.77. The minimum Gasteiger partial charge on any atom is -0.465 e. The fraction of sp³-hybridized carbons (Fsp3) is 0.368. The van der Waals surface area contributed by atoms with E-state index in [0.717, 1.165) is 13.2 Å². The molecule has 3 rings (SSSR count). The van der Waals surface area contributed by atoms with Crippen LogP contribution in [0.15, 0.2) is 41.0 Å². The fourth-order valence-corrected chi connectivity index (χ4v) is 3.54. The normalized spacial score (nSPS) is 22.0. The van der Waals surface area contributed by atoms with Gasteiger partial charge in [0.2, 0.25) is 5.88 Å². The number of ether oxygens (including phenoxy) is 2. The molecule has 0 bridgehead atoms. The Balaban J connectivity index is 2.24. The maximum Gasteiger partial charge on any atom is 0.340 e. The summed E-state index contributed by atoms with van der Waals surface area (Å²) in [7, 11) is 1.15. The van der Waals surface area contributed by atoms with Gasteiger partial charge in [0.05, 0.1) is 13.0 Å². The third-order valence-corrected chi connectivity index (χ3v) is 4.63. The molecule has 2 N–H and O–H groups in total. The van der Waals surface area contributed by atoms with Gasteiger partial charge in [-0.05, 0) is 11.5 Å². The number of methoxy groups -OCH3 is 1. The molecule has 1 atom stereocenters. The lowest BCUT2D eigenvalue weighted by atomic mass is 9.70. The van der Waals surface area contributed by atoms with Crippen LogP contribution in [0.3, 0.4) is 0 Å². The Morgan fingerprint density at radius 1 is 1.31 bits per heavy atom. The first-order chi connectivity index (χ1) is 12.1. The number of hydrogen-bond acceptors (Lipinski definition) is 5. The number of ketones is 1. The molecule has 1 aromatic carbocycles. The molecule has 7 heteroatoms. The Bertz CT molecular complexity index is 870. The van der Waals surface area contributed by atoms with Crippen LogP contribution in [0.5, 0.6) is 0 Å². The van der Waals surface area contributed by atoms with Crippen LogP contribution in [0.2, 0.25) is 0 Å². The third kappa shape index (κ3) is 2.98. The molecular formula is C19H19F2NO4. The number of carbonyl (C=O) groups is 2. The van der Waals surface area contributed by atoms with E-state index < -0.39 is 23.5 Å². The first-order valence-electron chi connectivity index (χ1n) is 8.11. The van der Waals surface area contributed by atoms with Crippen molar-refractivity contribution in [3.8, 4) is 0 Å². The van der Waals surface area contributed by atoms with E-state index in [1.54, 1.807) is 0 Å². The number of halogens is 2. The Hall–Kier alpha value is -2.70. The highest BCUT2D eigenvalue weighted by Crippen LogP contribution is 2.48. The molecular weight excluding hydrogens is 344 g/mol. The molecule has 1 aromatic rings. The van der Waals surface area contributed by atoms with Crippen LogP contribution in [-0.4, -0.2) is 18.9 Å². The summed E-state index contributed by atoms with van der Waals surface area (Å²) < 4.78 is 38.2. The Morgan fingerprint density at radius 2 is 2.00 bits per heavy atom. The quantitative estimate of drug-likeness (QED) is 0.817. The summed E-state index contributed by atoms with van der Waals surface area (Å²) in [5, 5.41) is 0. The van der Waals surface area contributed by atoms with Gasteiger partial charge in [0.1, 0.15) is 23.0 Å². The molecule has 0 saturated carbocycles. The second kappa shape index (κ2) is 6.23. The number of esters is 1. The van der Waals surface area contributed by atoms with Gasteiger partial charge in [-0.2, -0.15) is 0 Å². The standard InChI is InChI=1S/C19H19F2NO4/c1-19(2)7-12(23)15-13(8-19)26-17(22)16(18(24)25-3)14(15)10-5-4-9(20)6-11(10)21/h4-6,14H,7-8,22H2,1-3H3/t14-/m1/s1. The van der Waals surface area contributed by atoms with Gasteiger partial charge >= 0.3 is 5.97 Å². The number of allylic oxidation sites excluding steroid dienone is 2. The minimum absolute atomic E-state index is 0.0291. The molecule has 0 fully saturated rings. The molecule has 0 saturated heterocycles. The van der Waals surface area contributed by atoms with E-state index in [9.17, 15) is 18.4 Å². The van der Waals surface area contributed by atoms with Crippen molar-refractivity contribution < 1.29 is 27.8 Å². The molecule has 0 aromatic heterocycles. The minimum atomic E-state index is -1.10. The van der Waals surface area contributed by atoms with Gasteiger partial charge in [0.25, 0.3) is 0 Å². The maximum atomic E-state index is 14.5. The summed E-state index contributed by atoms with van der Waals surface area (Å²) in [6.45, 7) is 3.81. The van der Waals surface area contributed by atoms with Gasteiger partial charge in [0.15, 0.2) is 5.78 Å². The highest BCUT2D eigenvalue weighted by Gasteiger charge is 2.45. The Labute approximate surface area is 149 Å². The summed E-state index contributed by atoms with van der Waals surface area (Å²) in [6, 6.07) is 2.97. The Morgan fingerprint density at radius 3 is 2.62 bits per heavy atom. The van der Waals surface area contributed by atoms with Crippen LogP contribution < -0.4 is 5.73 Å². The van der Waals surface area contributed by atoms with Crippen LogP contribution in [0.1, 0.15) is 38.2 Å². The van der Waals surface area contributed by atoms with Crippen LogP contribution >= 0.6 is 0 Å². The van der Waals surface area contributed by atoms with Crippen molar-refractivity contribution in [2.24, 2.45) is 11.1 Å². The predicted octanol–water partition coefficient (Wildman–Crippen LogP) is 3.07. The van der Waals surface area contributed by atoms with Crippen molar-refractivity contribution in [2.75, 3.05) is 7.11 Å². The maximum absolute atomic E-state index is 14.5. The lowest BCUT2D eigenvalue weighted by Crippen LogP contribution is -2.35. The van der Waals surface area contributed by atoms with Crippen molar-refractivity contribution >= 4 is 11.8 Å². The zero-order valence-corrected chi connectivity index (χ0v) is 14.7. The van der Waals surface area contributed by atoms with Gasteiger partial charge in [0, 0.05) is 30.0 Å². The van der Waals surface area contributed by atoms with E-state index in [1.807, 2.05) is 13.8 Å². The van der Waals surface area contributed by atoms with Crippen molar-refractivity contribution in [1.82, 2.24) is 0 Å². The topological polar surface area (TPSA) is 78.6 Å². The van der Waals surface area contributed by atoms with E-state index in [4.69, 9.17) is 15.2 Å². The molecule has 1 aliphatic heterocycles. The first-order valence-corrected chi connectivity index (χ1v) is 8.11. The lowest BCUT2D eigenvalue weighted by Gasteiger charge is -2.37.